The van der Waals surface area contributed by atoms with E-state index in [1.54, 1.807) is 0 Å². The second-order valence-electron chi connectivity index (χ2n) is 11.8. The summed E-state index contributed by atoms with van der Waals surface area (Å²) in [6.45, 7) is 14.6. The van der Waals surface area contributed by atoms with Gasteiger partial charge in [-0.05, 0) is 106 Å². The Labute approximate surface area is 162 Å². The first kappa shape index (κ1) is 19.2. The number of rotatable bonds is 2. The molecular weight excluding hydrogens is 336 g/mol. The summed E-state index contributed by atoms with van der Waals surface area (Å²) < 4.78 is 6.88. The molecule has 148 valence electrons. The first-order valence-corrected chi connectivity index (χ1v) is 14.6. The summed E-state index contributed by atoms with van der Waals surface area (Å²) in [6.07, 6.45) is 10.8. The lowest BCUT2D eigenvalue weighted by molar-refractivity contribution is -0.149. The summed E-state index contributed by atoms with van der Waals surface area (Å²) in [4.78, 5) is 12.1. The van der Waals surface area contributed by atoms with Crippen LogP contribution >= 0.6 is 0 Å². The summed E-state index contributed by atoms with van der Waals surface area (Å²) in [6, 6.07) is 0. The Bertz CT molecular complexity index is 596. The van der Waals surface area contributed by atoms with Gasteiger partial charge >= 0.3 is 0 Å². The predicted molar refractivity (Wildman–Crippen MR) is 110 cm³/mol. The van der Waals surface area contributed by atoms with Crippen molar-refractivity contribution in [3.63, 3.8) is 0 Å². The van der Waals surface area contributed by atoms with Crippen LogP contribution in [-0.4, -0.2) is 19.7 Å². The number of carbonyl (C=O) groups is 1. The van der Waals surface area contributed by atoms with Gasteiger partial charge in [0, 0.05) is 12.8 Å². The van der Waals surface area contributed by atoms with Crippen molar-refractivity contribution < 1.29 is 9.22 Å². The van der Waals surface area contributed by atoms with Crippen molar-refractivity contribution in [2.75, 3.05) is 0 Å². The van der Waals surface area contributed by atoms with Gasteiger partial charge in [-0.2, -0.15) is 0 Å². The molecule has 0 aromatic carbocycles. The molecule has 0 bridgehead atoms. The molecule has 0 amide bonds. The Morgan fingerprint density at radius 1 is 0.923 bits per heavy atom. The van der Waals surface area contributed by atoms with E-state index in [1.165, 1.54) is 38.5 Å². The van der Waals surface area contributed by atoms with E-state index in [1.807, 2.05) is 0 Å². The van der Waals surface area contributed by atoms with Crippen molar-refractivity contribution in [1.29, 1.82) is 0 Å². The van der Waals surface area contributed by atoms with Crippen LogP contribution in [0.1, 0.15) is 78.6 Å². The fourth-order valence-corrected chi connectivity index (χ4v) is 9.80. The molecule has 3 heteroatoms. The van der Waals surface area contributed by atoms with E-state index >= 15 is 0 Å². The normalized spacial score (nSPS) is 51.5. The third-order valence-corrected chi connectivity index (χ3v) is 10.6. The molecule has 0 radical (unpaired) electrons. The molecule has 0 aromatic heterocycles. The number of Topliss-reactive ketones (excluding diaryl/α,β-unsaturated/α-hetero) is 1. The zero-order chi connectivity index (χ0) is 19.0. The third kappa shape index (κ3) is 2.70. The Kier molecular flexibility index (Phi) is 4.37. The molecule has 0 saturated heterocycles. The highest BCUT2D eigenvalue weighted by atomic mass is 28.4. The van der Waals surface area contributed by atoms with Crippen molar-refractivity contribution in [1.82, 2.24) is 0 Å². The Morgan fingerprint density at radius 2 is 1.62 bits per heavy atom. The summed E-state index contributed by atoms with van der Waals surface area (Å²) in [7, 11) is -1.55. The summed E-state index contributed by atoms with van der Waals surface area (Å²) in [5.74, 6) is 3.75. The van der Waals surface area contributed by atoms with Gasteiger partial charge in [0.2, 0.25) is 0 Å². The molecule has 0 N–H and O–H groups in total. The fraction of sp³-hybridized carbons (Fsp3) is 0.957. The topological polar surface area (TPSA) is 26.3 Å². The van der Waals surface area contributed by atoms with Crippen molar-refractivity contribution in [2.24, 2.45) is 34.5 Å². The van der Waals surface area contributed by atoms with Crippen LogP contribution in [0, 0.1) is 34.5 Å². The molecule has 2 nitrogen and oxygen atoms in total. The molecule has 26 heavy (non-hydrogen) atoms. The molecular formula is C23H40O2Si. The van der Waals surface area contributed by atoms with Gasteiger partial charge in [0.05, 0.1) is 5.60 Å². The van der Waals surface area contributed by atoms with E-state index in [0.29, 0.717) is 22.5 Å². The van der Waals surface area contributed by atoms with Crippen LogP contribution in [-0.2, 0) is 9.22 Å². The first-order valence-electron chi connectivity index (χ1n) is 11.2. The van der Waals surface area contributed by atoms with Gasteiger partial charge in [0.25, 0.3) is 0 Å². The molecule has 4 fully saturated rings. The van der Waals surface area contributed by atoms with E-state index in [0.717, 1.165) is 37.0 Å². The molecule has 4 aliphatic carbocycles. The SMILES string of the molecule is CC1(O[Si](C)(C)C)CC[C@@H]2[C@@H]3CC[C@@H]4CC(=O)CC[C@]4(C)[C@@H]3CC[C@@]21C. The molecule has 7 atom stereocenters. The van der Waals surface area contributed by atoms with Crippen LogP contribution in [0.25, 0.3) is 0 Å². The van der Waals surface area contributed by atoms with Crippen LogP contribution in [0.3, 0.4) is 0 Å². The number of carbonyl (C=O) groups excluding carboxylic acids is 1. The maximum Gasteiger partial charge on any atom is 0.184 e. The Hall–Kier alpha value is -0.153. The minimum Gasteiger partial charge on any atom is -0.412 e. The average molecular weight is 377 g/mol. The second kappa shape index (κ2) is 5.92. The minimum atomic E-state index is -1.55. The smallest absolute Gasteiger partial charge is 0.184 e. The Balaban J connectivity index is 1.61. The maximum absolute atomic E-state index is 12.1. The lowest BCUT2D eigenvalue weighted by Crippen LogP contribution is -2.57. The van der Waals surface area contributed by atoms with Gasteiger partial charge in [0.15, 0.2) is 8.32 Å². The molecule has 4 saturated carbocycles. The summed E-state index contributed by atoms with van der Waals surface area (Å²) in [5, 5.41) is 0. The molecule has 4 rings (SSSR count). The largest absolute Gasteiger partial charge is 0.412 e. The number of hydrogen-bond donors (Lipinski definition) is 0. The summed E-state index contributed by atoms with van der Waals surface area (Å²) >= 11 is 0. The lowest BCUT2D eigenvalue weighted by atomic mass is 9.44. The van der Waals surface area contributed by atoms with Gasteiger partial charge in [-0.15, -0.1) is 0 Å². The molecule has 0 aliphatic heterocycles. The predicted octanol–water partition coefficient (Wildman–Crippen LogP) is 6.21. The van der Waals surface area contributed by atoms with Crippen molar-refractivity contribution in [3.05, 3.63) is 0 Å². The van der Waals surface area contributed by atoms with Crippen molar-refractivity contribution >= 4 is 14.1 Å². The number of ketones is 1. The third-order valence-electron chi connectivity index (χ3n) is 9.54. The highest BCUT2D eigenvalue weighted by Crippen LogP contribution is 2.68. The molecule has 4 aliphatic rings. The van der Waals surface area contributed by atoms with E-state index in [-0.39, 0.29) is 5.60 Å². The van der Waals surface area contributed by atoms with Gasteiger partial charge in [-0.1, -0.05) is 13.8 Å². The van der Waals surface area contributed by atoms with E-state index < -0.39 is 8.32 Å². The molecule has 0 heterocycles. The van der Waals surface area contributed by atoms with Gasteiger partial charge in [0.1, 0.15) is 5.78 Å². The standard InChI is InChI=1S/C23H40O2Si/c1-21-12-9-17(24)15-16(21)7-8-18-19(21)10-13-22(2)20(18)11-14-23(22,3)25-26(4,5)6/h16,18-20H,7-15H2,1-6H3/t16-,18-,19-,20-,21+,22+,23?/m1/s1. The molecule has 1 unspecified atom stereocenters. The maximum atomic E-state index is 12.1. The zero-order valence-electron chi connectivity index (χ0n) is 18.0. The van der Waals surface area contributed by atoms with Crippen molar-refractivity contribution in [2.45, 2.75) is 104 Å². The van der Waals surface area contributed by atoms with E-state index in [4.69, 9.17) is 4.43 Å². The second-order valence-corrected chi connectivity index (χ2v) is 16.3. The van der Waals surface area contributed by atoms with Crippen LogP contribution < -0.4 is 0 Å². The first-order chi connectivity index (χ1) is 12.0. The van der Waals surface area contributed by atoms with Crippen LogP contribution in [0.15, 0.2) is 0 Å². The highest BCUT2D eigenvalue weighted by molar-refractivity contribution is 6.69. The summed E-state index contributed by atoms with van der Waals surface area (Å²) in [5.41, 5.74) is 0.853. The van der Waals surface area contributed by atoms with Crippen molar-refractivity contribution in [3.8, 4) is 0 Å². The highest BCUT2D eigenvalue weighted by Gasteiger charge is 2.64. The van der Waals surface area contributed by atoms with Crippen LogP contribution in [0.2, 0.25) is 19.6 Å². The van der Waals surface area contributed by atoms with Crippen LogP contribution in [0.4, 0.5) is 0 Å². The Morgan fingerprint density at radius 3 is 2.31 bits per heavy atom. The molecule has 0 spiro atoms. The van der Waals surface area contributed by atoms with Gasteiger partial charge < -0.3 is 4.43 Å². The van der Waals surface area contributed by atoms with E-state index in [9.17, 15) is 4.79 Å². The zero-order valence-corrected chi connectivity index (χ0v) is 19.0. The number of hydrogen-bond acceptors (Lipinski definition) is 2. The van der Waals surface area contributed by atoms with Gasteiger partial charge in [-0.25, -0.2) is 0 Å². The molecule has 0 aromatic rings. The van der Waals surface area contributed by atoms with Crippen LogP contribution in [0.5, 0.6) is 0 Å². The van der Waals surface area contributed by atoms with E-state index in [2.05, 4.69) is 40.4 Å². The van der Waals surface area contributed by atoms with Gasteiger partial charge in [-0.3, -0.25) is 4.79 Å². The number of fused-ring (bicyclic) bond motifs is 5. The average Bonchev–Trinajstić information content (AvgIpc) is 2.77. The quantitative estimate of drug-likeness (QED) is 0.536. The minimum absolute atomic E-state index is 0.0768. The monoisotopic (exact) mass is 376 g/mol. The fourth-order valence-electron chi connectivity index (χ4n) is 8.11. The lowest BCUT2D eigenvalue weighted by Gasteiger charge is -2.61.